The summed E-state index contributed by atoms with van der Waals surface area (Å²) in [6.07, 6.45) is 42.8. The van der Waals surface area contributed by atoms with Crippen LogP contribution in [0.15, 0.2) is 42.7 Å². The molecule has 2 rings (SSSR count). The lowest BCUT2D eigenvalue weighted by molar-refractivity contribution is -0.703. The molecular weight excluding hydrogens is 508 g/mol. The first-order valence-corrected chi connectivity index (χ1v) is 19.0. The van der Waals surface area contributed by atoms with Crippen molar-refractivity contribution in [2.24, 2.45) is 0 Å². The largest absolute Gasteiger partial charge is 0.260 e. The molecule has 0 aliphatic rings. The van der Waals surface area contributed by atoms with Crippen LogP contribution in [0.4, 0.5) is 0 Å². The van der Waals surface area contributed by atoms with Crippen LogP contribution in [0.2, 0.25) is 0 Å². The highest BCUT2D eigenvalue weighted by Crippen LogP contribution is 2.15. The van der Waals surface area contributed by atoms with E-state index in [1.54, 1.807) is 0 Å². The monoisotopic (exact) mass is 580 g/mol. The molecule has 2 aromatic rings. The van der Waals surface area contributed by atoms with Crippen molar-refractivity contribution in [3.05, 3.63) is 54.1 Å². The van der Waals surface area contributed by atoms with Crippen LogP contribution in [-0.2, 0) is 19.5 Å². The molecule has 0 amide bonds. The lowest BCUT2D eigenvalue weighted by Crippen LogP contribution is -2.37. The summed E-state index contributed by atoms with van der Waals surface area (Å²) in [6, 6.07) is 11.1. The highest BCUT2D eigenvalue weighted by atomic mass is 15.1. The molecule has 1 aromatic carbocycles. The Morgan fingerprint density at radius 1 is 0.476 bits per heavy atom. The second-order valence-electron chi connectivity index (χ2n) is 13.2. The van der Waals surface area contributed by atoms with Crippen LogP contribution in [0.3, 0.4) is 0 Å². The molecule has 0 unspecified atom stereocenters. The second kappa shape index (κ2) is 27.0. The van der Waals surface area contributed by atoms with Gasteiger partial charge in [0.2, 0.25) is 0 Å². The Morgan fingerprint density at radius 3 is 1.33 bits per heavy atom. The standard InChI is InChI=1S/C40H71N2/c1-3-5-7-9-11-13-14-15-16-17-18-19-20-22-24-26-31-35-42-37-36-41(40(42)38-39-32-28-27-29-33-39)34-30-25-23-21-12-10-8-6-4-2/h27-29,32-33,36-37H,3-26,30-31,34-35,38H2,1-2H3/q+1. The molecule has 1 heterocycles. The van der Waals surface area contributed by atoms with Gasteiger partial charge in [0.25, 0.3) is 5.82 Å². The summed E-state index contributed by atoms with van der Waals surface area (Å²) in [6.45, 7) is 6.95. The van der Waals surface area contributed by atoms with Gasteiger partial charge >= 0.3 is 0 Å². The van der Waals surface area contributed by atoms with E-state index in [4.69, 9.17) is 0 Å². The molecular formula is C40H71N2+. The second-order valence-corrected chi connectivity index (χ2v) is 13.2. The third-order valence-electron chi connectivity index (χ3n) is 9.30. The summed E-state index contributed by atoms with van der Waals surface area (Å²) in [5, 5.41) is 0. The zero-order valence-electron chi connectivity index (χ0n) is 28.4. The van der Waals surface area contributed by atoms with Crippen LogP contribution < -0.4 is 4.57 Å². The van der Waals surface area contributed by atoms with E-state index >= 15 is 0 Å². The summed E-state index contributed by atoms with van der Waals surface area (Å²) >= 11 is 0. The van der Waals surface area contributed by atoms with Crippen molar-refractivity contribution in [3.63, 3.8) is 0 Å². The molecule has 0 spiro atoms. The minimum absolute atomic E-state index is 1.05. The maximum atomic E-state index is 2.56. The number of hydrogen-bond donors (Lipinski definition) is 0. The first-order chi connectivity index (χ1) is 20.8. The van der Waals surface area contributed by atoms with Gasteiger partial charge in [0.15, 0.2) is 0 Å². The number of imidazole rings is 1. The summed E-state index contributed by atoms with van der Waals surface area (Å²) in [7, 11) is 0. The Labute approximate surface area is 263 Å². The summed E-state index contributed by atoms with van der Waals surface area (Å²) < 4.78 is 5.12. The summed E-state index contributed by atoms with van der Waals surface area (Å²) in [4.78, 5) is 0. The Kier molecular flexibility index (Phi) is 23.6. The topological polar surface area (TPSA) is 8.81 Å². The lowest BCUT2D eigenvalue weighted by Gasteiger charge is -2.07. The fraction of sp³-hybridized carbons (Fsp3) is 0.775. The number of nitrogens with zero attached hydrogens (tertiary/aromatic N) is 2. The van der Waals surface area contributed by atoms with E-state index in [1.807, 2.05) is 0 Å². The van der Waals surface area contributed by atoms with Gasteiger partial charge in [0.05, 0.1) is 19.5 Å². The van der Waals surface area contributed by atoms with Crippen molar-refractivity contribution in [3.8, 4) is 0 Å². The molecule has 2 heteroatoms. The molecule has 42 heavy (non-hydrogen) atoms. The van der Waals surface area contributed by atoms with Gasteiger partial charge in [-0.3, -0.25) is 0 Å². The zero-order valence-corrected chi connectivity index (χ0v) is 28.4. The number of benzene rings is 1. The van der Waals surface area contributed by atoms with Gasteiger partial charge in [0, 0.05) is 0 Å². The number of rotatable bonds is 30. The Hall–Kier alpha value is -1.57. The Morgan fingerprint density at radius 2 is 0.881 bits per heavy atom. The highest BCUT2D eigenvalue weighted by Gasteiger charge is 2.17. The Bertz CT molecular complexity index is 823. The van der Waals surface area contributed by atoms with E-state index in [0.29, 0.717) is 0 Å². The van der Waals surface area contributed by atoms with E-state index in [0.717, 1.165) is 6.42 Å². The Balaban J connectivity index is 1.56. The smallest absolute Gasteiger partial charge is 0.234 e. The minimum atomic E-state index is 1.05. The number of aryl methyl sites for hydroxylation is 2. The maximum absolute atomic E-state index is 2.56. The summed E-state index contributed by atoms with van der Waals surface area (Å²) in [5.74, 6) is 1.50. The molecule has 0 atom stereocenters. The molecule has 0 N–H and O–H groups in total. The van der Waals surface area contributed by atoms with Crippen molar-refractivity contribution in [2.45, 2.75) is 200 Å². The van der Waals surface area contributed by atoms with Crippen LogP contribution >= 0.6 is 0 Å². The van der Waals surface area contributed by atoms with Crippen LogP contribution in [0.25, 0.3) is 0 Å². The van der Waals surface area contributed by atoms with Crippen LogP contribution in [-0.4, -0.2) is 4.57 Å². The van der Waals surface area contributed by atoms with Gasteiger partial charge in [-0.15, -0.1) is 0 Å². The van der Waals surface area contributed by atoms with Gasteiger partial charge in [0.1, 0.15) is 12.4 Å². The van der Waals surface area contributed by atoms with E-state index in [-0.39, 0.29) is 0 Å². The maximum Gasteiger partial charge on any atom is 0.260 e. The van der Waals surface area contributed by atoms with Crippen molar-refractivity contribution >= 4 is 0 Å². The van der Waals surface area contributed by atoms with E-state index in [9.17, 15) is 0 Å². The molecule has 2 nitrogen and oxygen atoms in total. The number of aromatic nitrogens is 2. The normalized spacial score (nSPS) is 11.5. The minimum Gasteiger partial charge on any atom is -0.234 e. The van der Waals surface area contributed by atoms with Gasteiger partial charge in [-0.1, -0.05) is 185 Å². The number of unbranched alkanes of at least 4 members (excludes halogenated alkanes) is 24. The molecule has 240 valence electrons. The van der Waals surface area contributed by atoms with Crippen molar-refractivity contribution in [1.82, 2.24) is 4.57 Å². The predicted octanol–water partition coefficient (Wildman–Crippen LogP) is 12.5. The average Bonchev–Trinajstić information content (AvgIpc) is 3.39. The van der Waals surface area contributed by atoms with Gasteiger partial charge in [-0.25, -0.2) is 9.13 Å². The van der Waals surface area contributed by atoms with Crippen LogP contribution in [0.5, 0.6) is 0 Å². The summed E-state index contributed by atoms with van der Waals surface area (Å²) in [5.41, 5.74) is 1.43. The van der Waals surface area contributed by atoms with Gasteiger partial charge in [-0.05, 0) is 31.2 Å². The predicted molar refractivity (Wildman–Crippen MR) is 185 cm³/mol. The van der Waals surface area contributed by atoms with Crippen LogP contribution in [0, 0.1) is 0 Å². The number of hydrogen-bond acceptors (Lipinski definition) is 0. The third kappa shape index (κ3) is 18.9. The van der Waals surface area contributed by atoms with Crippen LogP contribution in [0.1, 0.15) is 192 Å². The molecule has 0 fully saturated rings. The lowest BCUT2D eigenvalue weighted by atomic mass is 10.0. The van der Waals surface area contributed by atoms with E-state index < -0.39 is 0 Å². The highest BCUT2D eigenvalue weighted by molar-refractivity contribution is 5.18. The van der Waals surface area contributed by atoms with E-state index in [2.05, 4.69) is 65.7 Å². The third-order valence-corrected chi connectivity index (χ3v) is 9.30. The molecule has 0 saturated carbocycles. The van der Waals surface area contributed by atoms with Gasteiger partial charge < -0.3 is 0 Å². The average molecular weight is 580 g/mol. The molecule has 0 aliphatic carbocycles. The fourth-order valence-electron chi connectivity index (χ4n) is 6.49. The quantitative estimate of drug-likeness (QED) is 0.0643. The van der Waals surface area contributed by atoms with Crippen molar-refractivity contribution in [2.75, 3.05) is 0 Å². The fourth-order valence-corrected chi connectivity index (χ4v) is 6.49. The van der Waals surface area contributed by atoms with Crippen molar-refractivity contribution in [1.29, 1.82) is 0 Å². The SMILES string of the molecule is CCCCCCCCCCCCCCCCCCCn1cc[n+](CCCCCCCCCCC)c1Cc1ccccc1. The first-order valence-electron chi connectivity index (χ1n) is 19.0. The molecule has 0 aliphatic heterocycles. The van der Waals surface area contributed by atoms with Crippen molar-refractivity contribution < 1.29 is 4.57 Å². The zero-order chi connectivity index (χ0) is 29.8. The molecule has 0 saturated heterocycles. The molecule has 1 aromatic heterocycles. The molecule has 0 radical (unpaired) electrons. The molecule has 0 bridgehead atoms. The first kappa shape index (κ1) is 36.6. The van der Waals surface area contributed by atoms with Gasteiger partial charge in [-0.2, -0.15) is 0 Å². The van der Waals surface area contributed by atoms with E-state index in [1.165, 1.54) is 191 Å².